The molecule has 0 aliphatic carbocycles. The van der Waals surface area contributed by atoms with Gasteiger partial charge in [-0.3, -0.25) is 0 Å². The summed E-state index contributed by atoms with van der Waals surface area (Å²) in [5.41, 5.74) is 1.97. The number of ether oxygens (including phenoxy) is 1. The van der Waals surface area contributed by atoms with E-state index in [9.17, 15) is 4.39 Å². The summed E-state index contributed by atoms with van der Waals surface area (Å²) >= 11 is 12.1. The van der Waals surface area contributed by atoms with E-state index in [1.165, 1.54) is 19.2 Å². The van der Waals surface area contributed by atoms with Crippen molar-refractivity contribution < 1.29 is 9.13 Å². The molecule has 2 rings (SSSR count). The molecule has 2 aromatic rings. The molecule has 0 fully saturated rings. The largest absolute Gasteiger partial charge is 0.494 e. The van der Waals surface area contributed by atoms with E-state index in [0.29, 0.717) is 28.9 Å². The Labute approximate surface area is 127 Å². The van der Waals surface area contributed by atoms with E-state index in [1.54, 1.807) is 12.1 Å². The normalized spacial score (nSPS) is 10.6. The second kappa shape index (κ2) is 6.93. The molecule has 0 saturated heterocycles. The molecule has 0 saturated carbocycles. The van der Waals surface area contributed by atoms with Gasteiger partial charge in [0.1, 0.15) is 5.82 Å². The first-order valence-corrected chi connectivity index (χ1v) is 6.83. The highest BCUT2D eigenvalue weighted by molar-refractivity contribution is 6.37. The molecule has 0 unspecified atom stereocenters. The number of hydrogen-bond donors (Lipinski definition) is 1. The van der Waals surface area contributed by atoms with Gasteiger partial charge in [-0.15, -0.1) is 0 Å². The molecule has 0 amide bonds. The van der Waals surface area contributed by atoms with Gasteiger partial charge < -0.3 is 10.1 Å². The number of methoxy groups -OCH3 is 1. The fourth-order valence-electron chi connectivity index (χ4n) is 1.86. The highest BCUT2D eigenvalue weighted by Crippen LogP contribution is 2.33. The first kappa shape index (κ1) is 15.1. The molecular weight excluding hydrogens is 300 g/mol. The molecule has 0 bridgehead atoms. The number of nitrogens with one attached hydrogen (secondary N) is 1. The Balaban J connectivity index is 1.96. The molecule has 0 aliphatic heterocycles. The van der Waals surface area contributed by atoms with Crippen molar-refractivity contribution in [1.29, 1.82) is 0 Å². The molecule has 0 aliphatic rings. The summed E-state index contributed by atoms with van der Waals surface area (Å²) in [5, 5.41) is 4.22. The van der Waals surface area contributed by atoms with E-state index in [-0.39, 0.29) is 5.82 Å². The summed E-state index contributed by atoms with van der Waals surface area (Å²) in [7, 11) is 1.53. The van der Waals surface area contributed by atoms with Gasteiger partial charge in [0.15, 0.2) is 5.75 Å². The monoisotopic (exact) mass is 313 g/mol. The summed E-state index contributed by atoms with van der Waals surface area (Å²) in [6.45, 7) is 1.25. The van der Waals surface area contributed by atoms with Crippen molar-refractivity contribution >= 4 is 23.2 Å². The maximum Gasteiger partial charge on any atom is 0.156 e. The molecule has 20 heavy (non-hydrogen) atoms. The number of rotatable bonds is 5. The average Bonchev–Trinajstić information content (AvgIpc) is 2.41. The van der Waals surface area contributed by atoms with Crippen LogP contribution in [0, 0.1) is 5.82 Å². The zero-order valence-electron chi connectivity index (χ0n) is 10.9. The lowest BCUT2D eigenvalue weighted by atomic mass is 10.2. The lowest BCUT2D eigenvalue weighted by Crippen LogP contribution is -2.12. The van der Waals surface area contributed by atoms with E-state index < -0.39 is 0 Å². The van der Waals surface area contributed by atoms with Crippen LogP contribution in [0.5, 0.6) is 5.75 Å². The summed E-state index contributed by atoms with van der Waals surface area (Å²) in [4.78, 5) is 0. The maximum atomic E-state index is 12.8. The Morgan fingerprint density at radius 2 is 1.55 bits per heavy atom. The molecule has 5 heteroatoms. The third kappa shape index (κ3) is 3.85. The highest BCUT2D eigenvalue weighted by Gasteiger charge is 2.08. The Morgan fingerprint density at radius 1 is 1.00 bits per heavy atom. The number of halogens is 3. The minimum absolute atomic E-state index is 0.234. The Hall–Kier alpha value is -1.29. The van der Waals surface area contributed by atoms with Crippen LogP contribution in [0.1, 0.15) is 11.1 Å². The van der Waals surface area contributed by atoms with Gasteiger partial charge in [0.2, 0.25) is 0 Å². The van der Waals surface area contributed by atoms with E-state index >= 15 is 0 Å². The first-order chi connectivity index (χ1) is 9.60. The molecule has 0 atom stereocenters. The number of benzene rings is 2. The summed E-state index contributed by atoms with van der Waals surface area (Å²) in [6, 6.07) is 10.00. The molecule has 0 heterocycles. The molecular formula is C15H14Cl2FNO. The van der Waals surface area contributed by atoms with Crippen LogP contribution in [0.3, 0.4) is 0 Å². The third-order valence-electron chi connectivity index (χ3n) is 2.83. The van der Waals surface area contributed by atoms with E-state index in [0.717, 1.165) is 11.1 Å². The quantitative estimate of drug-likeness (QED) is 0.881. The topological polar surface area (TPSA) is 21.3 Å². The van der Waals surface area contributed by atoms with Crippen LogP contribution in [0.4, 0.5) is 4.39 Å². The van der Waals surface area contributed by atoms with Gasteiger partial charge in [0.05, 0.1) is 17.2 Å². The van der Waals surface area contributed by atoms with Crippen molar-refractivity contribution in [2.45, 2.75) is 13.1 Å². The summed E-state index contributed by atoms with van der Waals surface area (Å²) in [5.74, 6) is 0.248. The maximum absolute atomic E-state index is 12.8. The van der Waals surface area contributed by atoms with Crippen molar-refractivity contribution in [3.8, 4) is 5.75 Å². The molecule has 2 nitrogen and oxygen atoms in total. The van der Waals surface area contributed by atoms with E-state index in [1.807, 2.05) is 12.1 Å². The SMILES string of the molecule is COc1c(Cl)cc(CNCc2ccc(F)cc2)cc1Cl. The third-order valence-corrected chi connectivity index (χ3v) is 3.40. The van der Waals surface area contributed by atoms with Crippen LogP contribution < -0.4 is 10.1 Å². The minimum Gasteiger partial charge on any atom is -0.494 e. The molecule has 106 valence electrons. The van der Waals surface area contributed by atoms with E-state index in [2.05, 4.69) is 5.32 Å². The fourth-order valence-corrected chi connectivity index (χ4v) is 2.55. The highest BCUT2D eigenvalue weighted by atomic mass is 35.5. The Morgan fingerprint density at radius 3 is 2.10 bits per heavy atom. The van der Waals surface area contributed by atoms with Crippen molar-refractivity contribution in [2.24, 2.45) is 0 Å². The molecule has 0 aromatic heterocycles. The molecule has 1 N–H and O–H groups in total. The van der Waals surface area contributed by atoms with E-state index in [4.69, 9.17) is 27.9 Å². The Bertz CT molecular complexity index is 564. The van der Waals surface area contributed by atoms with Gasteiger partial charge in [-0.2, -0.15) is 0 Å². The van der Waals surface area contributed by atoms with Crippen LogP contribution in [0.2, 0.25) is 10.0 Å². The zero-order valence-corrected chi connectivity index (χ0v) is 12.4. The predicted octanol–water partition coefficient (Wildman–Crippen LogP) is 4.43. The van der Waals surface area contributed by atoms with Crippen molar-refractivity contribution in [2.75, 3.05) is 7.11 Å². The second-order valence-corrected chi connectivity index (χ2v) is 5.14. The summed E-state index contributed by atoms with van der Waals surface area (Å²) in [6.07, 6.45) is 0. The fraction of sp³-hybridized carbons (Fsp3) is 0.200. The lowest BCUT2D eigenvalue weighted by Gasteiger charge is -2.10. The minimum atomic E-state index is -0.234. The lowest BCUT2D eigenvalue weighted by molar-refractivity contribution is 0.415. The van der Waals surface area contributed by atoms with Crippen LogP contribution in [0.25, 0.3) is 0 Å². The smallest absolute Gasteiger partial charge is 0.156 e. The molecule has 0 radical (unpaired) electrons. The average molecular weight is 314 g/mol. The predicted molar refractivity (Wildman–Crippen MR) is 80.0 cm³/mol. The van der Waals surface area contributed by atoms with Gasteiger partial charge in [-0.05, 0) is 35.4 Å². The standard InChI is InChI=1S/C15H14Cl2FNO/c1-20-15-13(16)6-11(7-14(15)17)9-19-8-10-2-4-12(18)5-3-10/h2-7,19H,8-9H2,1H3. The molecule has 2 aromatic carbocycles. The van der Waals surface area contributed by atoms with Crippen molar-refractivity contribution in [3.05, 3.63) is 63.4 Å². The summed E-state index contributed by atoms with van der Waals surface area (Å²) < 4.78 is 17.9. The van der Waals surface area contributed by atoms with Gasteiger partial charge in [-0.25, -0.2) is 4.39 Å². The zero-order chi connectivity index (χ0) is 14.5. The van der Waals surface area contributed by atoms with Gasteiger partial charge >= 0.3 is 0 Å². The van der Waals surface area contributed by atoms with Gasteiger partial charge in [0.25, 0.3) is 0 Å². The van der Waals surface area contributed by atoms with Crippen LogP contribution in [-0.4, -0.2) is 7.11 Å². The van der Waals surface area contributed by atoms with Crippen LogP contribution in [0.15, 0.2) is 36.4 Å². The van der Waals surface area contributed by atoms with Crippen molar-refractivity contribution in [3.63, 3.8) is 0 Å². The second-order valence-electron chi connectivity index (χ2n) is 4.32. The Kier molecular flexibility index (Phi) is 5.24. The van der Waals surface area contributed by atoms with Crippen LogP contribution in [-0.2, 0) is 13.1 Å². The molecule has 0 spiro atoms. The van der Waals surface area contributed by atoms with Crippen LogP contribution >= 0.6 is 23.2 Å². The van der Waals surface area contributed by atoms with Gasteiger partial charge in [-0.1, -0.05) is 35.3 Å². The van der Waals surface area contributed by atoms with Gasteiger partial charge in [0, 0.05) is 13.1 Å². The van der Waals surface area contributed by atoms with Crippen molar-refractivity contribution in [1.82, 2.24) is 5.32 Å². The number of hydrogen-bond acceptors (Lipinski definition) is 2. The first-order valence-electron chi connectivity index (χ1n) is 6.07.